The number of nitro benzene ring substituents is 1. The molecule has 25 heavy (non-hydrogen) atoms. The van der Waals surface area contributed by atoms with Crippen LogP contribution >= 0.6 is 0 Å². The summed E-state index contributed by atoms with van der Waals surface area (Å²) in [5.74, 6) is 4.54. The molecule has 0 unspecified atom stereocenters. The Morgan fingerprint density at radius 2 is 2.00 bits per heavy atom. The van der Waals surface area contributed by atoms with Gasteiger partial charge in [0.2, 0.25) is 0 Å². The van der Waals surface area contributed by atoms with Gasteiger partial charge in [0.25, 0.3) is 5.69 Å². The highest BCUT2D eigenvalue weighted by Gasteiger charge is 2.08. The molecule has 6 nitrogen and oxygen atoms in total. The van der Waals surface area contributed by atoms with Gasteiger partial charge in [0.05, 0.1) is 10.5 Å². The third-order valence-electron chi connectivity index (χ3n) is 3.12. The lowest BCUT2D eigenvalue weighted by atomic mass is 10.2. The lowest BCUT2D eigenvalue weighted by Crippen LogP contribution is -2.24. The SMILES string of the molecule is O=C(NCCC#Cc1cc([N+](=O)[O-])ccc1F)OCc1ccccc1. The third-order valence-corrected chi connectivity index (χ3v) is 3.12. The number of ether oxygens (including phenoxy) is 1. The van der Waals surface area contributed by atoms with Crippen LogP contribution in [0.2, 0.25) is 0 Å². The van der Waals surface area contributed by atoms with Crippen molar-refractivity contribution in [2.45, 2.75) is 13.0 Å². The molecule has 1 N–H and O–H groups in total. The Morgan fingerprint density at radius 1 is 1.24 bits per heavy atom. The number of rotatable bonds is 5. The molecule has 2 aromatic rings. The van der Waals surface area contributed by atoms with Crippen molar-refractivity contribution in [3.63, 3.8) is 0 Å². The third kappa shape index (κ3) is 5.95. The van der Waals surface area contributed by atoms with Crippen molar-refractivity contribution in [3.8, 4) is 11.8 Å². The first kappa shape index (κ1) is 17.9. The lowest BCUT2D eigenvalue weighted by molar-refractivity contribution is -0.384. The summed E-state index contributed by atoms with van der Waals surface area (Å²) in [7, 11) is 0. The van der Waals surface area contributed by atoms with E-state index in [-0.39, 0.29) is 30.8 Å². The molecule has 2 aromatic carbocycles. The monoisotopic (exact) mass is 342 g/mol. The first-order valence-corrected chi connectivity index (χ1v) is 7.43. The topological polar surface area (TPSA) is 81.5 Å². The smallest absolute Gasteiger partial charge is 0.407 e. The van der Waals surface area contributed by atoms with Crippen LogP contribution < -0.4 is 5.32 Å². The summed E-state index contributed by atoms with van der Waals surface area (Å²) >= 11 is 0. The fraction of sp³-hybridized carbons (Fsp3) is 0.167. The summed E-state index contributed by atoms with van der Waals surface area (Å²) in [4.78, 5) is 21.5. The van der Waals surface area contributed by atoms with E-state index in [9.17, 15) is 19.3 Å². The highest BCUT2D eigenvalue weighted by molar-refractivity contribution is 5.67. The van der Waals surface area contributed by atoms with Crippen molar-refractivity contribution in [1.29, 1.82) is 0 Å². The second-order valence-corrected chi connectivity index (χ2v) is 4.96. The Hall–Kier alpha value is -3.40. The van der Waals surface area contributed by atoms with Gasteiger partial charge in [-0.2, -0.15) is 0 Å². The van der Waals surface area contributed by atoms with Crippen molar-refractivity contribution >= 4 is 11.8 Å². The van der Waals surface area contributed by atoms with Crippen LogP contribution in [0.5, 0.6) is 0 Å². The zero-order chi connectivity index (χ0) is 18.1. The summed E-state index contributed by atoms with van der Waals surface area (Å²) in [6.07, 6.45) is -0.324. The molecule has 0 spiro atoms. The van der Waals surface area contributed by atoms with Crippen LogP contribution in [-0.4, -0.2) is 17.6 Å². The van der Waals surface area contributed by atoms with Gasteiger partial charge in [-0.05, 0) is 11.6 Å². The van der Waals surface area contributed by atoms with Gasteiger partial charge in [0.15, 0.2) is 0 Å². The molecule has 0 saturated carbocycles. The van der Waals surface area contributed by atoms with E-state index >= 15 is 0 Å². The molecule has 0 aliphatic rings. The van der Waals surface area contributed by atoms with Crippen LogP contribution in [-0.2, 0) is 11.3 Å². The molecule has 128 valence electrons. The second-order valence-electron chi connectivity index (χ2n) is 4.96. The maximum atomic E-state index is 13.5. The van der Waals surface area contributed by atoms with Crippen LogP contribution in [0.3, 0.4) is 0 Å². The molecule has 0 heterocycles. The van der Waals surface area contributed by atoms with Gasteiger partial charge in [0, 0.05) is 25.1 Å². The van der Waals surface area contributed by atoms with Crippen molar-refractivity contribution in [2.24, 2.45) is 0 Å². The average Bonchev–Trinajstić information content (AvgIpc) is 2.61. The van der Waals surface area contributed by atoms with Crippen LogP contribution in [0.15, 0.2) is 48.5 Å². The number of hydrogen-bond donors (Lipinski definition) is 1. The van der Waals surface area contributed by atoms with E-state index in [0.29, 0.717) is 0 Å². The molecule has 0 radical (unpaired) electrons. The summed E-state index contributed by atoms with van der Waals surface area (Å²) in [5.41, 5.74) is 0.591. The average molecular weight is 342 g/mol. The van der Waals surface area contributed by atoms with E-state index in [0.717, 1.165) is 23.8 Å². The number of benzene rings is 2. The number of carbonyl (C=O) groups excluding carboxylic acids is 1. The number of nitro groups is 1. The van der Waals surface area contributed by atoms with Gasteiger partial charge in [-0.3, -0.25) is 10.1 Å². The minimum Gasteiger partial charge on any atom is -0.445 e. The number of nitrogens with zero attached hydrogens (tertiary/aromatic N) is 1. The summed E-state index contributed by atoms with van der Waals surface area (Å²) in [6, 6.07) is 12.4. The first-order chi connectivity index (χ1) is 12.1. The molecule has 1 amide bonds. The highest BCUT2D eigenvalue weighted by atomic mass is 19.1. The molecule has 0 aliphatic heterocycles. The fourth-order valence-corrected chi connectivity index (χ4v) is 1.88. The number of halogens is 1. The molecule has 0 aromatic heterocycles. The van der Waals surface area contributed by atoms with Gasteiger partial charge in [-0.1, -0.05) is 42.2 Å². The predicted octanol–water partition coefficient (Wildman–Crippen LogP) is 3.40. The minimum atomic E-state index is -0.631. The predicted molar refractivity (Wildman–Crippen MR) is 89.2 cm³/mol. The summed E-state index contributed by atoms with van der Waals surface area (Å²) in [6.45, 7) is 0.383. The molecule has 2 rings (SSSR count). The molecular weight excluding hydrogens is 327 g/mol. The van der Waals surface area contributed by atoms with Gasteiger partial charge in [0.1, 0.15) is 12.4 Å². The first-order valence-electron chi connectivity index (χ1n) is 7.43. The maximum absolute atomic E-state index is 13.5. The second kappa shape index (κ2) is 9.03. The molecule has 0 saturated heterocycles. The van der Waals surface area contributed by atoms with E-state index in [1.165, 1.54) is 0 Å². The number of amides is 1. The number of non-ortho nitro benzene ring substituents is 1. The summed E-state index contributed by atoms with van der Waals surface area (Å²) < 4.78 is 18.5. The van der Waals surface area contributed by atoms with Crippen LogP contribution in [0.4, 0.5) is 14.9 Å². The van der Waals surface area contributed by atoms with E-state index in [1.54, 1.807) is 0 Å². The maximum Gasteiger partial charge on any atom is 0.407 e. The van der Waals surface area contributed by atoms with Crippen molar-refractivity contribution < 1.29 is 18.8 Å². The molecule has 0 bridgehead atoms. The van der Waals surface area contributed by atoms with Crippen LogP contribution in [0.25, 0.3) is 0 Å². The largest absolute Gasteiger partial charge is 0.445 e. The van der Waals surface area contributed by atoms with Crippen LogP contribution in [0.1, 0.15) is 17.5 Å². The fourth-order valence-electron chi connectivity index (χ4n) is 1.88. The Balaban J connectivity index is 1.76. The van der Waals surface area contributed by atoms with E-state index in [1.807, 2.05) is 30.3 Å². The van der Waals surface area contributed by atoms with Crippen LogP contribution in [0, 0.1) is 27.8 Å². The molecular formula is C18H15FN2O4. The van der Waals surface area contributed by atoms with Crippen molar-refractivity contribution in [1.82, 2.24) is 5.32 Å². The zero-order valence-corrected chi connectivity index (χ0v) is 13.2. The lowest BCUT2D eigenvalue weighted by Gasteiger charge is -2.05. The van der Waals surface area contributed by atoms with Gasteiger partial charge in [-0.15, -0.1) is 0 Å². The molecule has 0 aliphatic carbocycles. The Morgan fingerprint density at radius 3 is 2.72 bits per heavy atom. The Bertz CT molecular complexity index is 813. The van der Waals surface area contributed by atoms with Gasteiger partial charge in [-0.25, -0.2) is 9.18 Å². The van der Waals surface area contributed by atoms with E-state index < -0.39 is 16.8 Å². The number of alkyl carbamates (subject to hydrolysis) is 1. The normalized spacial score (nSPS) is 9.64. The highest BCUT2D eigenvalue weighted by Crippen LogP contribution is 2.15. The van der Waals surface area contributed by atoms with Crippen molar-refractivity contribution in [3.05, 3.63) is 75.6 Å². The van der Waals surface area contributed by atoms with Gasteiger partial charge < -0.3 is 10.1 Å². The minimum absolute atomic E-state index is 0.0548. The van der Waals surface area contributed by atoms with Gasteiger partial charge >= 0.3 is 6.09 Å². The Kier molecular flexibility index (Phi) is 6.48. The van der Waals surface area contributed by atoms with E-state index in [2.05, 4.69) is 17.2 Å². The quantitative estimate of drug-likeness (QED) is 0.391. The molecule has 0 fully saturated rings. The standard InChI is InChI=1S/C18H15FN2O4/c19-17-10-9-16(21(23)24)12-15(17)8-4-5-11-20-18(22)25-13-14-6-2-1-3-7-14/h1-3,6-7,9-10,12H,5,11,13H2,(H,20,22). The summed E-state index contributed by atoms with van der Waals surface area (Å²) in [5, 5.41) is 13.2. The number of nitrogens with one attached hydrogen (secondary N) is 1. The molecule has 7 heteroatoms. The zero-order valence-electron chi connectivity index (χ0n) is 13.2. The molecule has 0 atom stereocenters. The Labute approximate surface area is 143 Å². The van der Waals surface area contributed by atoms with E-state index in [4.69, 9.17) is 4.74 Å². The van der Waals surface area contributed by atoms with Crippen molar-refractivity contribution in [2.75, 3.05) is 6.54 Å². The number of hydrogen-bond acceptors (Lipinski definition) is 4. The number of carbonyl (C=O) groups is 1.